The van der Waals surface area contributed by atoms with E-state index in [1.807, 2.05) is 4.72 Å². The average molecular weight is 296 g/mol. The van der Waals surface area contributed by atoms with E-state index in [0.717, 1.165) is 0 Å². The van der Waals surface area contributed by atoms with E-state index in [4.69, 9.17) is 5.73 Å². The van der Waals surface area contributed by atoms with Crippen LogP contribution in [0.4, 0.5) is 18.9 Å². The van der Waals surface area contributed by atoms with Crippen molar-refractivity contribution in [2.75, 3.05) is 12.3 Å². The van der Waals surface area contributed by atoms with E-state index in [2.05, 4.69) is 0 Å². The number of alkyl halides is 3. The summed E-state index contributed by atoms with van der Waals surface area (Å²) in [5.41, 5.74) is 6.74. The Morgan fingerprint density at radius 3 is 2.37 bits per heavy atom. The lowest BCUT2D eigenvalue weighted by Gasteiger charge is -2.14. The summed E-state index contributed by atoms with van der Waals surface area (Å²) in [6.07, 6.45) is -5.63. The third-order valence-electron chi connectivity index (χ3n) is 2.68. The molecule has 1 aromatic carbocycles. The summed E-state index contributed by atoms with van der Waals surface area (Å²) < 4.78 is 61.8. The lowest BCUT2D eigenvalue weighted by atomic mass is 10.1. The first kappa shape index (κ1) is 15.8. The molecule has 3 N–H and O–H groups in total. The van der Waals surface area contributed by atoms with E-state index in [0.29, 0.717) is 11.1 Å². The quantitative estimate of drug-likeness (QED) is 0.836. The number of benzene rings is 1. The van der Waals surface area contributed by atoms with Crippen molar-refractivity contribution in [3.63, 3.8) is 0 Å². The van der Waals surface area contributed by atoms with Gasteiger partial charge in [-0.3, -0.25) is 0 Å². The van der Waals surface area contributed by atoms with Crippen LogP contribution in [0.1, 0.15) is 17.5 Å². The van der Waals surface area contributed by atoms with Gasteiger partial charge < -0.3 is 5.73 Å². The molecule has 0 amide bonds. The molecule has 1 rings (SSSR count). The monoisotopic (exact) mass is 296 g/mol. The summed E-state index contributed by atoms with van der Waals surface area (Å²) in [4.78, 5) is -0.158. The van der Waals surface area contributed by atoms with Crippen LogP contribution in [0.15, 0.2) is 17.0 Å². The molecule has 0 aliphatic rings. The smallest absolute Gasteiger partial charge is 0.390 e. The zero-order valence-electron chi connectivity index (χ0n) is 10.5. The molecule has 0 bridgehead atoms. The number of nitrogen functional groups attached to an aromatic ring is 1. The highest BCUT2D eigenvalue weighted by Gasteiger charge is 2.28. The molecule has 0 radical (unpaired) electrons. The van der Waals surface area contributed by atoms with Crippen LogP contribution in [0.2, 0.25) is 0 Å². The maximum Gasteiger partial charge on any atom is 0.390 e. The number of rotatable bonds is 4. The summed E-state index contributed by atoms with van der Waals surface area (Å²) >= 11 is 0. The third-order valence-corrected chi connectivity index (χ3v) is 4.34. The van der Waals surface area contributed by atoms with Crippen molar-refractivity contribution in [3.8, 4) is 0 Å². The summed E-state index contributed by atoms with van der Waals surface area (Å²) in [6.45, 7) is 2.55. The van der Waals surface area contributed by atoms with E-state index < -0.39 is 29.2 Å². The molecule has 0 aliphatic carbocycles. The van der Waals surface area contributed by atoms with Crippen molar-refractivity contribution < 1.29 is 21.6 Å². The van der Waals surface area contributed by atoms with Gasteiger partial charge >= 0.3 is 6.18 Å². The Bertz CT molecular complexity index is 568. The topological polar surface area (TPSA) is 72.2 Å². The van der Waals surface area contributed by atoms with E-state index in [1.165, 1.54) is 6.07 Å². The number of nitrogens with two attached hydrogens (primary N) is 1. The summed E-state index contributed by atoms with van der Waals surface area (Å²) in [6, 6.07) is 3.07. The number of sulfonamides is 1. The molecular formula is C11H15F3N2O2S. The first-order valence-electron chi connectivity index (χ1n) is 5.46. The summed E-state index contributed by atoms with van der Waals surface area (Å²) in [7, 11) is -4.04. The lowest BCUT2D eigenvalue weighted by molar-refractivity contribution is -0.132. The molecule has 0 unspecified atom stereocenters. The van der Waals surface area contributed by atoms with Crippen molar-refractivity contribution in [1.82, 2.24) is 4.72 Å². The molecule has 8 heteroatoms. The van der Waals surface area contributed by atoms with Crippen LogP contribution in [-0.2, 0) is 10.0 Å². The van der Waals surface area contributed by atoms with Crippen LogP contribution in [0.5, 0.6) is 0 Å². The first-order chi connectivity index (χ1) is 8.54. The summed E-state index contributed by atoms with van der Waals surface area (Å²) in [5, 5.41) is 0. The van der Waals surface area contributed by atoms with Gasteiger partial charge in [-0.15, -0.1) is 0 Å². The van der Waals surface area contributed by atoms with Gasteiger partial charge in [0.05, 0.1) is 12.1 Å². The van der Waals surface area contributed by atoms with Gasteiger partial charge in [-0.1, -0.05) is 6.07 Å². The molecule has 0 saturated carbocycles. The van der Waals surface area contributed by atoms with Crippen molar-refractivity contribution in [2.45, 2.75) is 31.3 Å². The highest BCUT2D eigenvalue weighted by atomic mass is 32.2. The van der Waals surface area contributed by atoms with Gasteiger partial charge in [0.15, 0.2) is 0 Å². The Kier molecular flexibility index (Phi) is 4.46. The van der Waals surface area contributed by atoms with E-state index >= 15 is 0 Å². The van der Waals surface area contributed by atoms with Crippen molar-refractivity contribution in [2.24, 2.45) is 0 Å². The molecule has 0 fully saturated rings. The number of nitrogens with one attached hydrogen (secondary N) is 1. The van der Waals surface area contributed by atoms with Gasteiger partial charge in [-0.25, -0.2) is 13.1 Å². The van der Waals surface area contributed by atoms with E-state index in [1.54, 1.807) is 19.9 Å². The van der Waals surface area contributed by atoms with Crippen molar-refractivity contribution in [3.05, 3.63) is 23.3 Å². The van der Waals surface area contributed by atoms with Crippen LogP contribution in [0, 0.1) is 13.8 Å². The molecule has 0 saturated heterocycles. The van der Waals surface area contributed by atoms with E-state index in [-0.39, 0.29) is 10.6 Å². The minimum absolute atomic E-state index is 0.0163. The van der Waals surface area contributed by atoms with Crippen LogP contribution >= 0.6 is 0 Å². The Morgan fingerprint density at radius 1 is 1.26 bits per heavy atom. The highest BCUT2D eigenvalue weighted by Crippen LogP contribution is 2.25. The third kappa shape index (κ3) is 4.10. The molecule has 0 atom stereocenters. The van der Waals surface area contributed by atoms with E-state index in [9.17, 15) is 21.6 Å². The molecule has 0 spiro atoms. The number of anilines is 1. The van der Waals surface area contributed by atoms with Crippen LogP contribution in [0.25, 0.3) is 0 Å². The van der Waals surface area contributed by atoms with Gasteiger partial charge in [-0.05, 0) is 31.0 Å². The Morgan fingerprint density at radius 2 is 1.84 bits per heavy atom. The standard InChI is InChI=1S/C11H15F3N2O2S/c1-7-3-4-9(15)10(8(7)2)19(17,18)16-6-5-11(12,13)14/h3-4,16H,5-6,15H2,1-2H3. The van der Waals surface area contributed by atoms with Crippen molar-refractivity contribution >= 4 is 15.7 Å². The molecule has 0 aliphatic heterocycles. The first-order valence-corrected chi connectivity index (χ1v) is 6.95. The van der Waals surface area contributed by atoms with Crippen molar-refractivity contribution in [1.29, 1.82) is 0 Å². The highest BCUT2D eigenvalue weighted by molar-refractivity contribution is 7.89. The number of aryl methyl sites for hydroxylation is 1. The zero-order chi connectivity index (χ0) is 14.8. The van der Waals surface area contributed by atoms with Crippen LogP contribution in [0.3, 0.4) is 0 Å². The lowest BCUT2D eigenvalue weighted by Crippen LogP contribution is -2.29. The SMILES string of the molecule is Cc1ccc(N)c(S(=O)(=O)NCCC(F)(F)F)c1C. The second-order valence-corrected chi connectivity index (χ2v) is 5.89. The van der Waals surface area contributed by atoms with Gasteiger partial charge in [0, 0.05) is 6.54 Å². The maximum atomic E-state index is 12.0. The molecular weight excluding hydrogens is 281 g/mol. The molecule has 0 heterocycles. The predicted octanol–water partition coefficient (Wildman–Crippen LogP) is 2.12. The Balaban J connectivity index is 2.99. The van der Waals surface area contributed by atoms with Gasteiger partial charge in [0.2, 0.25) is 10.0 Å². The molecule has 108 valence electrons. The average Bonchev–Trinajstić information content (AvgIpc) is 2.21. The largest absolute Gasteiger partial charge is 0.398 e. The number of hydrogen-bond acceptors (Lipinski definition) is 3. The summed E-state index contributed by atoms with van der Waals surface area (Å²) in [5.74, 6) is 0. The number of hydrogen-bond donors (Lipinski definition) is 2. The second kappa shape index (κ2) is 5.38. The second-order valence-electron chi connectivity index (χ2n) is 4.19. The molecule has 0 aromatic heterocycles. The Labute approximate surface area is 109 Å². The minimum Gasteiger partial charge on any atom is -0.398 e. The van der Waals surface area contributed by atoms with Gasteiger partial charge in [0.1, 0.15) is 4.90 Å². The van der Waals surface area contributed by atoms with Gasteiger partial charge in [0.25, 0.3) is 0 Å². The molecule has 19 heavy (non-hydrogen) atoms. The fourth-order valence-electron chi connectivity index (χ4n) is 1.57. The predicted molar refractivity (Wildman–Crippen MR) is 66.2 cm³/mol. The van der Waals surface area contributed by atoms with Crippen LogP contribution in [-0.4, -0.2) is 21.1 Å². The fourth-order valence-corrected chi connectivity index (χ4v) is 3.02. The fraction of sp³-hybridized carbons (Fsp3) is 0.455. The van der Waals surface area contributed by atoms with Gasteiger partial charge in [-0.2, -0.15) is 13.2 Å². The molecule has 4 nitrogen and oxygen atoms in total. The maximum absolute atomic E-state index is 12.0. The number of halogens is 3. The molecule has 1 aromatic rings. The van der Waals surface area contributed by atoms with Crippen LogP contribution < -0.4 is 10.5 Å². The minimum atomic E-state index is -4.41. The zero-order valence-corrected chi connectivity index (χ0v) is 11.3. The normalized spacial score (nSPS) is 12.7. The Hall–Kier alpha value is -1.28.